The van der Waals surface area contributed by atoms with E-state index in [2.05, 4.69) is 60.9 Å². The molecule has 194 valence electrons. The topological polar surface area (TPSA) is 87.4 Å². The van der Waals surface area contributed by atoms with Crippen molar-refractivity contribution >= 4 is 28.6 Å². The predicted octanol–water partition coefficient (Wildman–Crippen LogP) is 5.18. The Kier molecular flexibility index (Phi) is 6.99. The van der Waals surface area contributed by atoms with Crippen molar-refractivity contribution in [1.29, 1.82) is 0 Å². The summed E-state index contributed by atoms with van der Waals surface area (Å²) < 4.78 is 1.74. The number of pyridine rings is 1. The fourth-order valence-electron chi connectivity index (χ4n) is 5.09. The molecule has 0 fully saturated rings. The lowest BCUT2D eigenvalue weighted by atomic mass is 9.91. The molecule has 0 unspecified atom stereocenters. The first-order chi connectivity index (χ1) is 18.5. The van der Waals surface area contributed by atoms with Crippen LogP contribution in [-0.2, 0) is 19.5 Å². The summed E-state index contributed by atoms with van der Waals surface area (Å²) in [6.07, 6.45) is 2.92. The van der Waals surface area contributed by atoms with Gasteiger partial charge < -0.3 is 15.7 Å². The van der Waals surface area contributed by atoms with E-state index in [9.17, 15) is 0 Å². The molecule has 6 rings (SSSR count). The van der Waals surface area contributed by atoms with Crippen LogP contribution in [0.4, 0.5) is 0 Å². The Labute approximate surface area is 230 Å². The van der Waals surface area contributed by atoms with Crippen molar-refractivity contribution in [3.05, 3.63) is 80.9 Å². The Morgan fingerprint density at radius 1 is 1.05 bits per heavy atom. The third kappa shape index (κ3) is 4.63. The monoisotopic (exact) mass is 544 g/mol. The van der Waals surface area contributed by atoms with E-state index in [0.717, 1.165) is 46.8 Å². The highest BCUT2D eigenvalue weighted by atomic mass is 35.5. The second kappa shape index (κ2) is 10.6. The van der Waals surface area contributed by atoms with Gasteiger partial charge in [0.15, 0.2) is 11.5 Å². The van der Waals surface area contributed by atoms with Crippen molar-refractivity contribution in [1.82, 2.24) is 30.2 Å². The second-order valence-electron chi connectivity index (χ2n) is 9.57. The molecule has 0 amide bonds. The fourth-order valence-corrected chi connectivity index (χ4v) is 6.52. The second-order valence-corrected chi connectivity index (χ2v) is 11.1. The van der Waals surface area contributed by atoms with Gasteiger partial charge in [0.05, 0.1) is 17.3 Å². The summed E-state index contributed by atoms with van der Waals surface area (Å²) in [4.78, 5) is 11.1. The summed E-state index contributed by atoms with van der Waals surface area (Å²) in [5.74, 6) is 0.639. The Balaban J connectivity index is 1.38. The van der Waals surface area contributed by atoms with Gasteiger partial charge >= 0.3 is 0 Å². The van der Waals surface area contributed by atoms with Crippen LogP contribution in [-0.4, -0.2) is 44.4 Å². The largest absolute Gasteiger partial charge is 0.395 e. The van der Waals surface area contributed by atoms with Gasteiger partial charge in [0.25, 0.3) is 0 Å². The predicted molar refractivity (Wildman–Crippen MR) is 154 cm³/mol. The van der Waals surface area contributed by atoms with Crippen molar-refractivity contribution in [2.45, 2.75) is 33.4 Å². The molecule has 0 saturated heterocycles. The third-order valence-corrected chi connectivity index (χ3v) is 8.50. The quantitative estimate of drug-likeness (QED) is 0.245. The van der Waals surface area contributed by atoms with Crippen LogP contribution in [0.25, 0.3) is 38.7 Å². The molecule has 0 radical (unpaired) electrons. The average molecular weight is 545 g/mol. The van der Waals surface area contributed by atoms with E-state index >= 15 is 0 Å². The van der Waals surface area contributed by atoms with Crippen molar-refractivity contribution in [2.75, 3.05) is 19.7 Å². The van der Waals surface area contributed by atoms with Crippen LogP contribution >= 0.6 is 22.9 Å². The molecule has 7 nitrogen and oxygen atoms in total. The van der Waals surface area contributed by atoms with E-state index in [-0.39, 0.29) is 6.61 Å². The van der Waals surface area contributed by atoms with E-state index in [4.69, 9.17) is 31.8 Å². The number of rotatable bonds is 7. The zero-order valence-electron chi connectivity index (χ0n) is 21.4. The molecule has 0 saturated carbocycles. The van der Waals surface area contributed by atoms with Gasteiger partial charge in [-0.25, -0.2) is 14.5 Å². The van der Waals surface area contributed by atoms with Gasteiger partial charge in [-0.05, 0) is 47.7 Å². The maximum atomic E-state index is 9.03. The number of aliphatic hydroxyl groups excluding tert-OH is 1. The third-order valence-electron chi connectivity index (χ3n) is 7.09. The van der Waals surface area contributed by atoms with E-state index < -0.39 is 0 Å². The van der Waals surface area contributed by atoms with E-state index in [1.54, 1.807) is 15.9 Å². The normalized spacial score (nSPS) is 13.3. The molecule has 0 aliphatic carbocycles. The molecular formula is C29H29ClN6OS. The summed E-state index contributed by atoms with van der Waals surface area (Å²) in [5.41, 5.74) is 9.67. The number of nitrogens with one attached hydrogen (secondary N) is 2. The summed E-state index contributed by atoms with van der Waals surface area (Å²) in [6.45, 7) is 7.41. The van der Waals surface area contributed by atoms with E-state index in [0.29, 0.717) is 29.6 Å². The number of aromatic nitrogens is 4. The number of benzene rings is 2. The van der Waals surface area contributed by atoms with Crippen LogP contribution in [0.1, 0.15) is 27.3 Å². The minimum atomic E-state index is 0.0881. The van der Waals surface area contributed by atoms with Crippen molar-refractivity contribution in [3.63, 3.8) is 0 Å². The van der Waals surface area contributed by atoms with Crippen molar-refractivity contribution in [3.8, 4) is 33.1 Å². The molecule has 3 aromatic heterocycles. The SMILES string of the molecule is Cc1c(-c2nc3c(Cl)cc(CNCCO)cn3n2)cccc1-c1cccc(-c2nc3c(s2)CNCC3)c1C. The molecule has 0 atom stereocenters. The maximum absolute atomic E-state index is 9.03. The van der Waals surface area contributed by atoms with Crippen molar-refractivity contribution in [2.24, 2.45) is 0 Å². The van der Waals surface area contributed by atoms with Gasteiger partial charge in [-0.3, -0.25) is 0 Å². The number of nitrogens with zero attached hydrogens (tertiary/aromatic N) is 4. The number of hydrogen-bond acceptors (Lipinski definition) is 7. The average Bonchev–Trinajstić information content (AvgIpc) is 3.54. The molecular weight excluding hydrogens is 516 g/mol. The first-order valence-corrected chi connectivity index (χ1v) is 14.0. The molecule has 5 aromatic rings. The van der Waals surface area contributed by atoms with Crippen molar-refractivity contribution < 1.29 is 5.11 Å². The molecule has 0 spiro atoms. The van der Waals surface area contributed by atoms with Crippen LogP contribution in [0.3, 0.4) is 0 Å². The minimum Gasteiger partial charge on any atom is -0.395 e. The number of aliphatic hydroxyl groups is 1. The standard InChI is InChI=1S/C29H29ClN6OS/c1-17-20(21-6-4-8-23(18(21)2)29-33-25-9-10-31-15-26(25)38-29)5-3-7-22(17)27-34-28-24(30)13-19(14-32-11-12-37)16-36(28)35-27/h3-8,13,16,31-32,37H,9-12,14-15H2,1-2H3. The first kappa shape index (κ1) is 25.2. The molecule has 2 aromatic carbocycles. The van der Waals surface area contributed by atoms with Gasteiger partial charge in [0.1, 0.15) is 5.01 Å². The molecule has 0 bridgehead atoms. The number of fused-ring (bicyclic) bond motifs is 2. The highest BCUT2D eigenvalue weighted by Gasteiger charge is 2.20. The minimum absolute atomic E-state index is 0.0881. The van der Waals surface area contributed by atoms with Gasteiger partial charge in [-0.15, -0.1) is 16.4 Å². The maximum Gasteiger partial charge on any atom is 0.182 e. The molecule has 4 heterocycles. The summed E-state index contributed by atoms with van der Waals surface area (Å²) in [6, 6.07) is 14.7. The lowest BCUT2D eigenvalue weighted by molar-refractivity contribution is 0.292. The smallest absolute Gasteiger partial charge is 0.182 e. The first-order valence-electron chi connectivity index (χ1n) is 12.8. The molecule has 3 N–H and O–H groups in total. The van der Waals surface area contributed by atoms with Crippen LogP contribution in [0.15, 0.2) is 48.7 Å². The van der Waals surface area contributed by atoms with Gasteiger partial charge in [-0.1, -0.05) is 48.0 Å². The number of thiazole rings is 1. The zero-order chi connectivity index (χ0) is 26.2. The summed E-state index contributed by atoms with van der Waals surface area (Å²) >= 11 is 8.36. The van der Waals surface area contributed by atoms with E-state index in [1.807, 2.05) is 12.3 Å². The van der Waals surface area contributed by atoms with Crippen LogP contribution in [0, 0.1) is 13.8 Å². The lowest BCUT2D eigenvalue weighted by Crippen LogP contribution is -2.22. The fraction of sp³-hybridized carbons (Fsp3) is 0.276. The number of halogens is 1. The van der Waals surface area contributed by atoms with E-state index in [1.165, 1.54) is 27.3 Å². The van der Waals surface area contributed by atoms with Gasteiger partial charge in [0, 0.05) is 54.8 Å². The molecule has 1 aliphatic heterocycles. The Morgan fingerprint density at radius 3 is 2.55 bits per heavy atom. The lowest BCUT2D eigenvalue weighted by Gasteiger charge is -2.14. The molecule has 1 aliphatic rings. The van der Waals surface area contributed by atoms with Crippen LogP contribution < -0.4 is 10.6 Å². The highest BCUT2D eigenvalue weighted by Crippen LogP contribution is 2.38. The zero-order valence-corrected chi connectivity index (χ0v) is 23.0. The molecule has 38 heavy (non-hydrogen) atoms. The molecule has 9 heteroatoms. The summed E-state index contributed by atoms with van der Waals surface area (Å²) in [7, 11) is 0. The number of hydrogen-bond donors (Lipinski definition) is 3. The highest BCUT2D eigenvalue weighted by molar-refractivity contribution is 7.15. The van der Waals surface area contributed by atoms with Crippen LogP contribution in [0.5, 0.6) is 0 Å². The van der Waals surface area contributed by atoms with Crippen LogP contribution in [0.2, 0.25) is 5.02 Å². The Bertz CT molecular complexity index is 1620. The van der Waals surface area contributed by atoms with Gasteiger partial charge in [-0.2, -0.15) is 0 Å². The Hall–Kier alpha value is -3.14. The Morgan fingerprint density at radius 2 is 1.79 bits per heavy atom. The summed E-state index contributed by atoms with van der Waals surface area (Å²) in [5, 5.41) is 22.1. The van der Waals surface area contributed by atoms with Gasteiger partial charge in [0.2, 0.25) is 0 Å².